The zero-order valence-electron chi connectivity index (χ0n) is 12.6. The van der Waals surface area contributed by atoms with Crippen LogP contribution in [0.4, 0.5) is 11.4 Å². The molecule has 0 radical (unpaired) electrons. The topological polar surface area (TPSA) is 116 Å². The lowest BCUT2D eigenvalue weighted by Crippen LogP contribution is -2.46. The number of non-ortho nitro benzene ring substituents is 1. The van der Waals surface area contributed by atoms with Crippen molar-refractivity contribution in [3.63, 3.8) is 0 Å². The number of amides is 1. The number of aryl methyl sites for hydroxylation is 1. The molecule has 0 saturated carbocycles. The molecule has 0 atom stereocenters. The van der Waals surface area contributed by atoms with Gasteiger partial charge in [-0.2, -0.15) is 10.1 Å². The quantitative estimate of drug-likeness (QED) is 0.501. The lowest BCUT2D eigenvalue weighted by atomic mass is 10.0. The summed E-state index contributed by atoms with van der Waals surface area (Å²) in [7, 11) is 0. The van der Waals surface area contributed by atoms with Gasteiger partial charge in [0.2, 0.25) is 0 Å². The minimum absolute atomic E-state index is 0.152. The maximum Gasteiger partial charge on any atom is 0.314 e. The van der Waals surface area contributed by atoms with Gasteiger partial charge in [-0.25, -0.2) is 0 Å². The summed E-state index contributed by atoms with van der Waals surface area (Å²) >= 11 is 0. The molecule has 1 aliphatic heterocycles. The van der Waals surface area contributed by atoms with Crippen LogP contribution in [0.1, 0.15) is 11.1 Å². The number of nitro benzene ring substituents is 1. The Morgan fingerprint density at radius 2 is 1.67 bits per heavy atom. The Hall–Kier alpha value is -3.10. The fraction of sp³-hybridized carbons (Fsp3) is 0.125. The fourth-order valence-corrected chi connectivity index (χ4v) is 2.33. The number of rotatable bonds is 3. The van der Waals surface area contributed by atoms with Crippen molar-refractivity contribution in [2.45, 2.75) is 12.7 Å². The molecule has 2 aromatic rings. The largest absolute Gasteiger partial charge is 0.353 e. The third-order valence-corrected chi connectivity index (χ3v) is 3.65. The first-order valence-electron chi connectivity index (χ1n) is 7.00. The van der Waals surface area contributed by atoms with E-state index >= 15 is 0 Å². The molecule has 2 aromatic carbocycles. The van der Waals surface area contributed by atoms with Gasteiger partial charge in [-0.15, -0.1) is 0 Å². The monoisotopic (exact) mass is 327 g/mol. The molecule has 0 aromatic heterocycles. The smallest absolute Gasteiger partial charge is 0.314 e. The van der Waals surface area contributed by atoms with Crippen LogP contribution in [-0.2, 0) is 4.79 Å². The minimum Gasteiger partial charge on any atom is -0.353 e. The highest BCUT2D eigenvalue weighted by Crippen LogP contribution is 2.28. The van der Waals surface area contributed by atoms with Crippen LogP contribution in [0, 0.1) is 17.0 Å². The van der Waals surface area contributed by atoms with Crippen molar-refractivity contribution < 1.29 is 19.9 Å². The molecule has 122 valence electrons. The summed E-state index contributed by atoms with van der Waals surface area (Å²) in [4.78, 5) is 22.4. The summed E-state index contributed by atoms with van der Waals surface area (Å²) in [5.74, 6) is -3.82. The number of hydrogen-bond donors (Lipinski definition) is 2. The van der Waals surface area contributed by atoms with Crippen molar-refractivity contribution in [2.24, 2.45) is 5.10 Å². The summed E-state index contributed by atoms with van der Waals surface area (Å²) in [6, 6.07) is 11.8. The predicted molar refractivity (Wildman–Crippen MR) is 85.5 cm³/mol. The van der Waals surface area contributed by atoms with Crippen LogP contribution in [0.3, 0.4) is 0 Å². The van der Waals surface area contributed by atoms with Crippen LogP contribution < -0.4 is 5.01 Å². The molecule has 0 spiro atoms. The Kier molecular flexibility index (Phi) is 3.63. The number of carbonyl (C=O) groups excluding carboxylic acids is 1. The van der Waals surface area contributed by atoms with E-state index in [1.165, 1.54) is 24.3 Å². The Labute approximate surface area is 136 Å². The summed E-state index contributed by atoms with van der Waals surface area (Å²) in [6.45, 7) is 1.88. The van der Waals surface area contributed by atoms with Gasteiger partial charge in [0.05, 0.1) is 10.6 Å². The second-order valence-electron chi connectivity index (χ2n) is 5.38. The average Bonchev–Trinajstić information content (AvgIpc) is 2.79. The number of nitrogens with zero attached hydrogens (tertiary/aromatic N) is 3. The number of benzene rings is 2. The van der Waals surface area contributed by atoms with Gasteiger partial charge in [-0.3, -0.25) is 14.9 Å². The zero-order valence-corrected chi connectivity index (χ0v) is 12.6. The molecular formula is C16H13N3O5. The minimum atomic E-state index is -2.80. The maximum absolute atomic E-state index is 12.3. The molecule has 0 fully saturated rings. The SMILES string of the molecule is Cc1ccc(N2N=C(c3ccc([N+](=O)[O-])cc3)C(O)(O)C2=O)cc1. The van der Waals surface area contributed by atoms with E-state index < -0.39 is 16.6 Å². The Bertz CT molecular complexity index is 841. The van der Waals surface area contributed by atoms with Gasteiger partial charge in [-0.1, -0.05) is 17.7 Å². The van der Waals surface area contributed by atoms with E-state index in [0.717, 1.165) is 10.6 Å². The van der Waals surface area contributed by atoms with Gasteiger partial charge in [0.15, 0.2) is 0 Å². The molecule has 2 N–H and O–H groups in total. The molecule has 1 amide bonds. The van der Waals surface area contributed by atoms with Crippen LogP contribution in [0.5, 0.6) is 0 Å². The van der Waals surface area contributed by atoms with E-state index in [-0.39, 0.29) is 17.0 Å². The van der Waals surface area contributed by atoms with Gasteiger partial charge < -0.3 is 10.2 Å². The lowest BCUT2D eigenvalue weighted by molar-refractivity contribution is -0.384. The number of aliphatic hydroxyl groups is 2. The summed E-state index contributed by atoms with van der Waals surface area (Å²) in [5, 5.41) is 35.9. The molecule has 0 bridgehead atoms. The van der Waals surface area contributed by atoms with Gasteiger partial charge >= 0.3 is 5.91 Å². The Balaban J connectivity index is 2.02. The van der Waals surface area contributed by atoms with E-state index in [0.29, 0.717) is 5.69 Å². The first-order chi connectivity index (χ1) is 11.3. The molecule has 0 aliphatic carbocycles. The van der Waals surface area contributed by atoms with Crippen molar-refractivity contribution >= 4 is 23.0 Å². The summed E-state index contributed by atoms with van der Waals surface area (Å²) in [6.07, 6.45) is 0. The van der Waals surface area contributed by atoms with Crippen LogP contribution >= 0.6 is 0 Å². The Morgan fingerprint density at radius 1 is 1.08 bits per heavy atom. The number of carbonyl (C=O) groups is 1. The number of nitro groups is 1. The van der Waals surface area contributed by atoms with Crippen LogP contribution in [-0.4, -0.2) is 32.5 Å². The normalized spacial score (nSPS) is 16.2. The molecule has 0 unspecified atom stereocenters. The molecule has 0 saturated heterocycles. The average molecular weight is 327 g/mol. The Morgan fingerprint density at radius 3 is 2.21 bits per heavy atom. The van der Waals surface area contributed by atoms with Crippen LogP contribution in [0.25, 0.3) is 0 Å². The second-order valence-corrected chi connectivity index (χ2v) is 5.38. The van der Waals surface area contributed by atoms with Crippen molar-refractivity contribution in [2.75, 3.05) is 5.01 Å². The molecule has 8 nitrogen and oxygen atoms in total. The molecule has 3 rings (SSSR count). The molecule has 24 heavy (non-hydrogen) atoms. The third kappa shape index (κ3) is 2.53. The number of anilines is 1. The molecular weight excluding hydrogens is 314 g/mol. The predicted octanol–water partition coefficient (Wildman–Crippen LogP) is 1.34. The fourth-order valence-electron chi connectivity index (χ4n) is 2.33. The van der Waals surface area contributed by atoms with Crippen molar-refractivity contribution in [3.05, 3.63) is 69.8 Å². The van der Waals surface area contributed by atoms with Gasteiger partial charge in [-0.05, 0) is 31.2 Å². The van der Waals surface area contributed by atoms with Crippen molar-refractivity contribution in [1.29, 1.82) is 0 Å². The highest BCUT2D eigenvalue weighted by molar-refractivity contribution is 6.26. The summed E-state index contributed by atoms with van der Waals surface area (Å²) in [5.41, 5.74) is 1.12. The lowest BCUT2D eigenvalue weighted by Gasteiger charge is -2.17. The van der Waals surface area contributed by atoms with Crippen LogP contribution in [0.15, 0.2) is 53.6 Å². The number of hydrazone groups is 1. The van der Waals surface area contributed by atoms with E-state index in [9.17, 15) is 25.1 Å². The highest BCUT2D eigenvalue weighted by atomic mass is 16.6. The summed E-state index contributed by atoms with van der Waals surface area (Å²) < 4.78 is 0. The van der Waals surface area contributed by atoms with E-state index in [1.54, 1.807) is 24.3 Å². The van der Waals surface area contributed by atoms with Crippen molar-refractivity contribution in [3.8, 4) is 0 Å². The molecule has 8 heteroatoms. The van der Waals surface area contributed by atoms with E-state index in [2.05, 4.69) is 5.10 Å². The highest BCUT2D eigenvalue weighted by Gasteiger charge is 2.49. The molecule has 1 heterocycles. The standard InChI is InChI=1S/C16H13N3O5/c1-10-2-6-12(7-3-10)18-15(20)16(21,22)14(17-18)11-4-8-13(9-5-11)19(23)24/h2-9,21-22H,1H3. The maximum atomic E-state index is 12.3. The van der Waals surface area contributed by atoms with Gasteiger partial charge in [0.25, 0.3) is 11.5 Å². The second kappa shape index (κ2) is 5.52. The van der Waals surface area contributed by atoms with E-state index in [4.69, 9.17) is 0 Å². The number of hydrogen-bond acceptors (Lipinski definition) is 6. The first kappa shape index (κ1) is 15.8. The van der Waals surface area contributed by atoms with Gasteiger partial charge in [0.1, 0.15) is 5.71 Å². The van der Waals surface area contributed by atoms with E-state index in [1.807, 2.05) is 6.92 Å². The van der Waals surface area contributed by atoms with Crippen LogP contribution in [0.2, 0.25) is 0 Å². The van der Waals surface area contributed by atoms with Crippen molar-refractivity contribution in [1.82, 2.24) is 0 Å². The van der Waals surface area contributed by atoms with Gasteiger partial charge in [0, 0.05) is 17.7 Å². The molecule has 1 aliphatic rings. The first-order valence-corrected chi connectivity index (χ1v) is 7.00. The third-order valence-electron chi connectivity index (χ3n) is 3.65. The zero-order chi connectivity index (χ0) is 17.5.